The van der Waals surface area contributed by atoms with Crippen molar-refractivity contribution >= 4 is 29.0 Å². The fourth-order valence-electron chi connectivity index (χ4n) is 1.13. The van der Waals surface area contributed by atoms with Crippen molar-refractivity contribution in [2.45, 2.75) is 18.6 Å². The van der Waals surface area contributed by atoms with E-state index in [1.807, 2.05) is 11.6 Å². The summed E-state index contributed by atoms with van der Waals surface area (Å²) in [6.07, 6.45) is 2.04. The van der Waals surface area contributed by atoms with Crippen LogP contribution in [0.1, 0.15) is 29.1 Å². The summed E-state index contributed by atoms with van der Waals surface area (Å²) in [6, 6.07) is 1.80. The van der Waals surface area contributed by atoms with Gasteiger partial charge in [-0.15, -0.1) is 11.3 Å². The minimum Gasteiger partial charge on any atom is -0.351 e. The van der Waals surface area contributed by atoms with Crippen LogP contribution < -0.4 is 11.1 Å². The number of thioether (sulfide) groups is 1. The van der Waals surface area contributed by atoms with Crippen molar-refractivity contribution in [2.24, 2.45) is 5.73 Å². The summed E-state index contributed by atoms with van der Waals surface area (Å²) in [7, 11) is 0. The van der Waals surface area contributed by atoms with E-state index in [1.54, 1.807) is 17.8 Å². The third kappa shape index (κ3) is 4.73. The van der Waals surface area contributed by atoms with Gasteiger partial charge < -0.3 is 11.1 Å². The third-order valence-electron chi connectivity index (χ3n) is 2.40. The second-order valence-corrected chi connectivity index (χ2v) is 6.78. The molecule has 0 aliphatic carbocycles. The zero-order valence-electron chi connectivity index (χ0n) is 10.9. The van der Waals surface area contributed by atoms with Gasteiger partial charge in [-0.3, -0.25) is 4.79 Å². The fourth-order valence-corrected chi connectivity index (χ4v) is 2.10. The molecule has 1 aromatic rings. The minimum atomic E-state index is -0.0471. The molecule has 1 rings (SSSR count). The summed E-state index contributed by atoms with van der Waals surface area (Å²) < 4.78 is 0.0495. The normalized spacial score (nSPS) is 10.7. The molecular weight excluding hydrogens is 264 g/mol. The molecule has 0 saturated carbocycles. The summed E-state index contributed by atoms with van der Waals surface area (Å²) in [4.78, 5) is 12.8. The molecular formula is C13H18N2OS2. The van der Waals surface area contributed by atoms with Crippen LogP contribution in [-0.4, -0.2) is 30.0 Å². The van der Waals surface area contributed by atoms with E-state index in [2.05, 4.69) is 31.0 Å². The van der Waals surface area contributed by atoms with Gasteiger partial charge in [-0.25, -0.2) is 0 Å². The van der Waals surface area contributed by atoms with Gasteiger partial charge in [-0.05, 0) is 26.2 Å². The Balaban J connectivity index is 2.60. The van der Waals surface area contributed by atoms with Crippen LogP contribution in [0.2, 0.25) is 0 Å². The predicted octanol–water partition coefficient (Wildman–Crippen LogP) is 1.93. The maximum absolute atomic E-state index is 11.9. The lowest BCUT2D eigenvalue weighted by Crippen LogP contribution is -2.35. The lowest BCUT2D eigenvalue weighted by atomic mass is 10.2. The highest BCUT2D eigenvalue weighted by atomic mass is 32.2. The summed E-state index contributed by atoms with van der Waals surface area (Å²) in [5.74, 6) is 5.65. The minimum absolute atomic E-state index is 0.0471. The molecule has 1 aromatic heterocycles. The Morgan fingerprint density at radius 2 is 2.33 bits per heavy atom. The van der Waals surface area contributed by atoms with Crippen LogP contribution in [0.4, 0.5) is 0 Å². The van der Waals surface area contributed by atoms with Gasteiger partial charge in [0, 0.05) is 16.7 Å². The van der Waals surface area contributed by atoms with E-state index in [1.165, 1.54) is 11.3 Å². The molecule has 0 aliphatic heterocycles. The smallest absolute Gasteiger partial charge is 0.252 e. The Kier molecular flexibility index (Phi) is 5.73. The quantitative estimate of drug-likeness (QED) is 0.830. The summed E-state index contributed by atoms with van der Waals surface area (Å²) in [6.45, 7) is 5.18. The maximum Gasteiger partial charge on any atom is 0.252 e. The van der Waals surface area contributed by atoms with Gasteiger partial charge in [0.25, 0.3) is 5.91 Å². The largest absolute Gasteiger partial charge is 0.351 e. The lowest BCUT2D eigenvalue weighted by Gasteiger charge is -2.21. The van der Waals surface area contributed by atoms with E-state index in [-0.39, 0.29) is 10.7 Å². The van der Waals surface area contributed by atoms with Crippen molar-refractivity contribution in [3.05, 3.63) is 21.9 Å². The van der Waals surface area contributed by atoms with E-state index in [0.29, 0.717) is 18.7 Å². The SMILES string of the molecule is CSC(C)(C)CNC(=O)c1csc(C#CCN)c1. The van der Waals surface area contributed by atoms with Crippen LogP contribution in [0.3, 0.4) is 0 Å². The van der Waals surface area contributed by atoms with Gasteiger partial charge in [0.15, 0.2) is 0 Å². The first-order valence-corrected chi connectivity index (χ1v) is 7.70. The van der Waals surface area contributed by atoms with E-state index in [0.717, 1.165) is 4.88 Å². The Labute approximate surface area is 117 Å². The van der Waals surface area contributed by atoms with Gasteiger partial charge in [0.05, 0.1) is 17.0 Å². The standard InChI is InChI=1S/C13H18N2OS2/c1-13(2,17-3)9-15-12(16)10-7-11(18-8-10)5-4-6-14/h7-8H,6,9,14H2,1-3H3,(H,15,16). The zero-order valence-corrected chi connectivity index (χ0v) is 12.5. The number of carbonyl (C=O) groups is 1. The highest BCUT2D eigenvalue weighted by Crippen LogP contribution is 2.20. The van der Waals surface area contributed by atoms with Crippen molar-refractivity contribution in [2.75, 3.05) is 19.3 Å². The molecule has 0 fully saturated rings. The topological polar surface area (TPSA) is 55.1 Å². The third-order valence-corrected chi connectivity index (χ3v) is 4.50. The van der Waals surface area contributed by atoms with E-state index in [9.17, 15) is 4.79 Å². The molecule has 0 unspecified atom stereocenters. The Morgan fingerprint density at radius 1 is 1.61 bits per heavy atom. The number of amides is 1. The van der Waals surface area contributed by atoms with Gasteiger partial charge in [-0.2, -0.15) is 11.8 Å². The van der Waals surface area contributed by atoms with Crippen LogP contribution >= 0.6 is 23.1 Å². The molecule has 0 aromatic carbocycles. The number of thiophene rings is 1. The lowest BCUT2D eigenvalue weighted by molar-refractivity contribution is 0.0951. The van der Waals surface area contributed by atoms with Crippen molar-refractivity contribution in [3.63, 3.8) is 0 Å². The molecule has 0 spiro atoms. The highest BCUT2D eigenvalue weighted by molar-refractivity contribution is 7.99. The second kappa shape index (κ2) is 6.83. The fraction of sp³-hybridized carbons (Fsp3) is 0.462. The molecule has 3 nitrogen and oxygen atoms in total. The van der Waals surface area contributed by atoms with Crippen LogP contribution in [0.5, 0.6) is 0 Å². The Morgan fingerprint density at radius 3 is 2.94 bits per heavy atom. The molecule has 18 heavy (non-hydrogen) atoms. The molecule has 1 amide bonds. The summed E-state index contributed by atoms with van der Waals surface area (Å²) in [5.41, 5.74) is 5.97. The van der Waals surface area contributed by atoms with Crippen LogP contribution in [-0.2, 0) is 0 Å². The summed E-state index contributed by atoms with van der Waals surface area (Å²) in [5, 5.41) is 4.75. The maximum atomic E-state index is 11.9. The zero-order chi connectivity index (χ0) is 13.6. The van der Waals surface area contributed by atoms with E-state index in [4.69, 9.17) is 5.73 Å². The van der Waals surface area contributed by atoms with Crippen LogP contribution in [0.15, 0.2) is 11.4 Å². The molecule has 0 saturated heterocycles. The van der Waals surface area contributed by atoms with E-state index >= 15 is 0 Å². The number of nitrogens with one attached hydrogen (secondary N) is 1. The second-order valence-electron chi connectivity index (χ2n) is 4.35. The van der Waals surface area contributed by atoms with Crippen LogP contribution in [0, 0.1) is 11.8 Å². The number of carbonyl (C=O) groups excluding carboxylic acids is 1. The number of hydrogen-bond donors (Lipinski definition) is 2. The number of hydrogen-bond acceptors (Lipinski definition) is 4. The van der Waals surface area contributed by atoms with Gasteiger partial charge in [0.1, 0.15) is 0 Å². The average molecular weight is 282 g/mol. The van der Waals surface area contributed by atoms with Crippen molar-refractivity contribution in [3.8, 4) is 11.8 Å². The van der Waals surface area contributed by atoms with Crippen LogP contribution in [0.25, 0.3) is 0 Å². The van der Waals surface area contributed by atoms with Crippen molar-refractivity contribution < 1.29 is 4.79 Å². The van der Waals surface area contributed by atoms with Gasteiger partial charge in [-0.1, -0.05) is 11.8 Å². The Hall–Kier alpha value is -0.960. The van der Waals surface area contributed by atoms with Gasteiger partial charge in [0.2, 0.25) is 0 Å². The first-order chi connectivity index (χ1) is 8.48. The molecule has 3 N–H and O–H groups in total. The molecule has 98 valence electrons. The molecule has 0 atom stereocenters. The van der Waals surface area contributed by atoms with Crippen molar-refractivity contribution in [1.82, 2.24) is 5.32 Å². The number of nitrogens with two attached hydrogens (primary N) is 1. The van der Waals surface area contributed by atoms with Crippen molar-refractivity contribution in [1.29, 1.82) is 0 Å². The van der Waals surface area contributed by atoms with Gasteiger partial charge >= 0.3 is 0 Å². The van der Waals surface area contributed by atoms with E-state index < -0.39 is 0 Å². The predicted molar refractivity (Wildman–Crippen MR) is 80.2 cm³/mol. The molecule has 0 aliphatic rings. The summed E-state index contributed by atoms with van der Waals surface area (Å²) >= 11 is 3.19. The molecule has 0 radical (unpaired) electrons. The first kappa shape index (κ1) is 15.1. The highest BCUT2D eigenvalue weighted by Gasteiger charge is 2.17. The monoisotopic (exact) mass is 282 g/mol. The molecule has 5 heteroatoms. The Bertz CT molecular complexity index is 469. The molecule has 1 heterocycles. The first-order valence-electron chi connectivity index (χ1n) is 5.59. The number of rotatable bonds is 4. The molecule has 0 bridgehead atoms. The average Bonchev–Trinajstić information content (AvgIpc) is 2.82.